The minimum Gasteiger partial charge on any atom is -0.492 e. The Hall–Kier alpha value is -1.78. The Kier molecular flexibility index (Phi) is 4.95. The molecule has 1 atom stereocenters. The topological polar surface area (TPSA) is 72.5 Å². The van der Waals surface area contributed by atoms with E-state index in [2.05, 4.69) is 6.92 Å². The van der Waals surface area contributed by atoms with Gasteiger partial charge in [-0.1, -0.05) is 20.3 Å². The lowest BCUT2D eigenvalue weighted by atomic mass is 10.1. The van der Waals surface area contributed by atoms with E-state index in [1.54, 1.807) is 0 Å². The van der Waals surface area contributed by atoms with Crippen LogP contribution >= 0.6 is 0 Å². The molecule has 100 valence electrons. The quantitative estimate of drug-likeness (QED) is 0.766. The molecule has 0 heterocycles. The van der Waals surface area contributed by atoms with Gasteiger partial charge in [-0.25, -0.2) is 9.18 Å². The minimum atomic E-state index is -1.29. The molecule has 4 nitrogen and oxygen atoms in total. The molecule has 18 heavy (non-hydrogen) atoms. The van der Waals surface area contributed by atoms with Crippen LogP contribution in [0.15, 0.2) is 12.1 Å². The molecule has 0 amide bonds. The summed E-state index contributed by atoms with van der Waals surface area (Å²) in [5.74, 6) is -1.61. The number of carboxylic acid groups (broad SMARTS) is 1. The van der Waals surface area contributed by atoms with Crippen molar-refractivity contribution in [1.82, 2.24) is 0 Å². The Morgan fingerprint density at radius 2 is 2.22 bits per heavy atom. The smallest absolute Gasteiger partial charge is 0.341 e. The maximum atomic E-state index is 13.2. The van der Waals surface area contributed by atoms with Crippen molar-refractivity contribution < 1.29 is 19.0 Å². The first-order valence-electron chi connectivity index (χ1n) is 5.91. The van der Waals surface area contributed by atoms with Crippen LogP contribution in [0.25, 0.3) is 0 Å². The van der Waals surface area contributed by atoms with Gasteiger partial charge in [-0.3, -0.25) is 0 Å². The van der Waals surface area contributed by atoms with Crippen molar-refractivity contribution >= 4 is 11.7 Å². The lowest BCUT2D eigenvalue weighted by Crippen LogP contribution is -2.13. The molecule has 1 unspecified atom stereocenters. The molecule has 1 rings (SSSR count). The molecule has 0 bridgehead atoms. The Morgan fingerprint density at radius 1 is 1.56 bits per heavy atom. The summed E-state index contributed by atoms with van der Waals surface area (Å²) in [6.45, 7) is 4.46. The van der Waals surface area contributed by atoms with Crippen molar-refractivity contribution in [3.63, 3.8) is 0 Å². The van der Waals surface area contributed by atoms with E-state index in [4.69, 9.17) is 15.6 Å². The zero-order chi connectivity index (χ0) is 13.7. The average molecular weight is 255 g/mol. The molecule has 0 saturated carbocycles. The molecule has 0 spiro atoms. The number of aromatic carboxylic acids is 1. The van der Waals surface area contributed by atoms with Crippen LogP contribution in [-0.4, -0.2) is 17.7 Å². The first-order valence-corrected chi connectivity index (χ1v) is 5.91. The fourth-order valence-electron chi connectivity index (χ4n) is 1.72. The van der Waals surface area contributed by atoms with E-state index in [1.165, 1.54) is 6.07 Å². The van der Waals surface area contributed by atoms with Crippen molar-refractivity contribution in [3.05, 3.63) is 23.5 Å². The second-order valence-corrected chi connectivity index (χ2v) is 4.34. The molecule has 3 N–H and O–H groups in total. The second-order valence-electron chi connectivity index (χ2n) is 4.34. The van der Waals surface area contributed by atoms with E-state index < -0.39 is 11.8 Å². The number of carbonyl (C=O) groups is 1. The predicted molar refractivity (Wildman–Crippen MR) is 67.3 cm³/mol. The molecule has 0 aromatic heterocycles. The van der Waals surface area contributed by atoms with Crippen molar-refractivity contribution in [1.29, 1.82) is 0 Å². The van der Waals surface area contributed by atoms with E-state index in [0.29, 0.717) is 12.5 Å². The van der Waals surface area contributed by atoms with Crippen LogP contribution < -0.4 is 10.5 Å². The van der Waals surface area contributed by atoms with E-state index in [1.807, 2.05) is 6.92 Å². The van der Waals surface area contributed by atoms with Gasteiger partial charge in [0.25, 0.3) is 0 Å². The molecule has 0 saturated heterocycles. The zero-order valence-corrected chi connectivity index (χ0v) is 10.6. The molecular weight excluding hydrogens is 237 g/mol. The largest absolute Gasteiger partial charge is 0.492 e. The summed E-state index contributed by atoms with van der Waals surface area (Å²) in [4.78, 5) is 11.0. The van der Waals surface area contributed by atoms with Crippen LogP contribution in [0.4, 0.5) is 10.1 Å². The predicted octanol–water partition coefficient (Wildman–Crippen LogP) is 2.92. The van der Waals surface area contributed by atoms with Gasteiger partial charge < -0.3 is 15.6 Å². The monoisotopic (exact) mass is 255 g/mol. The summed E-state index contributed by atoms with van der Waals surface area (Å²) in [7, 11) is 0. The maximum Gasteiger partial charge on any atom is 0.341 e. The number of nitrogens with two attached hydrogens (primary N) is 1. The van der Waals surface area contributed by atoms with E-state index in [0.717, 1.165) is 18.9 Å². The number of anilines is 1. The van der Waals surface area contributed by atoms with Gasteiger partial charge in [0.05, 0.1) is 12.3 Å². The molecule has 0 aliphatic carbocycles. The highest BCUT2D eigenvalue weighted by atomic mass is 19.1. The van der Waals surface area contributed by atoms with Crippen LogP contribution in [0, 0.1) is 11.7 Å². The van der Waals surface area contributed by atoms with Crippen LogP contribution in [0.1, 0.15) is 37.0 Å². The van der Waals surface area contributed by atoms with Gasteiger partial charge in [0.15, 0.2) is 0 Å². The number of rotatable bonds is 6. The summed E-state index contributed by atoms with van der Waals surface area (Å²) in [5.41, 5.74) is 4.72. The Balaban J connectivity index is 2.89. The summed E-state index contributed by atoms with van der Waals surface area (Å²) >= 11 is 0. The summed E-state index contributed by atoms with van der Waals surface area (Å²) in [6, 6.07) is 2.41. The molecule has 1 aromatic rings. The second kappa shape index (κ2) is 6.23. The third kappa shape index (κ3) is 3.35. The number of benzene rings is 1. The molecule has 0 aliphatic rings. The highest BCUT2D eigenvalue weighted by molar-refractivity contribution is 5.96. The summed E-state index contributed by atoms with van der Waals surface area (Å²) < 4.78 is 18.6. The number of nitrogen functional groups attached to an aromatic ring is 1. The van der Waals surface area contributed by atoms with Gasteiger partial charge in [-0.05, 0) is 24.5 Å². The lowest BCUT2D eigenvalue weighted by Gasteiger charge is -2.15. The number of ether oxygens (including phenoxy) is 1. The number of hydrogen-bond donors (Lipinski definition) is 2. The average Bonchev–Trinajstić information content (AvgIpc) is 2.30. The van der Waals surface area contributed by atoms with Crippen molar-refractivity contribution in [2.45, 2.75) is 26.7 Å². The van der Waals surface area contributed by atoms with E-state index >= 15 is 0 Å². The first-order chi connectivity index (χ1) is 8.47. The molecule has 0 aliphatic heterocycles. The normalized spacial score (nSPS) is 12.2. The first kappa shape index (κ1) is 14.3. The third-order valence-corrected chi connectivity index (χ3v) is 2.67. The summed E-state index contributed by atoms with van der Waals surface area (Å²) in [5, 5.41) is 9.01. The molecule has 1 aromatic carbocycles. The van der Waals surface area contributed by atoms with Crippen molar-refractivity contribution in [2.24, 2.45) is 5.92 Å². The van der Waals surface area contributed by atoms with Crippen LogP contribution in [0.3, 0.4) is 0 Å². The van der Waals surface area contributed by atoms with E-state index in [9.17, 15) is 9.18 Å². The van der Waals surface area contributed by atoms with Crippen LogP contribution in [0.2, 0.25) is 0 Å². The molecule has 0 fully saturated rings. The Labute approximate surface area is 106 Å². The van der Waals surface area contributed by atoms with Crippen LogP contribution in [0.5, 0.6) is 5.75 Å². The zero-order valence-electron chi connectivity index (χ0n) is 10.6. The number of carboxylic acids is 1. The molecule has 0 radical (unpaired) electrons. The standard InChI is InChI=1S/C13H18FNO3/c1-3-4-8(2)7-18-10-6-5-9(14)12(15)11(10)13(16)17/h5-6,8H,3-4,7,15H2,1-2H3,(H,16,17). The van der Waals surface area contributed by atoms with Gasteiger partial charge >= 0.3 is 5.97 Å². The fourth-order valence-corrected chi connectivity index (χ4v) is 1.72. The van der Waals surface area contributed by atoms with E-state index in [-0.39, 0.29) is 17.0 Å². The fraction of sp³-hybridized carbons (Fsp3) is 0.462. The Morgan fingerprint density at radius 3 is 2.78 bits per heavy atom. The lowest BCUT2D eigenvalue weighted by molar-refractivity contribution is 0.0692. The van der Waals surface area contributed by atoms with Gasteiger partial charge in [0, 0.05) is 0 Å². The number of halogens is 1. The van der Waals surface area contributed by atoms with Crippen molar-refractivity contribution in [3.8, 4) is 5.75 Å². The minimum absolute atomic E-state index is 0.115. The highest BCUT2D eigenvalue weighted by Gasteiger charge is 2.19. The van der Waals surface area contributed by atoms with Crippen LogP contribution in [-0.2, 0) is 0 Å². The number of hydrogen-bond acceptors (Lipinski definition) is 3. The van der Waals surface area contributed by atoms with Gasteiger partial charge in [-0.15, -0.1) is 0 Å². The Bertz CT molecular complexity index is 434. The molecule has 5 heteroatoms. The highest BCUT2D eigenvalue weighted by Crippen LogP contribution is 2.27. The maximum absolute atomic E-state index is 13.2. The SMILES string of the molecule is CCCC(C)COc1ccc(F)c(N)c1C(=O)O. The van der Waals surface area contributed by atoms with Gasteiger partial charge in [-0.2, -0.15) is 0 Å². The van der Waals surface area contributed by atoms with Crippen molar-refractivity contribution in [2.75, 3.05) is 12.3 Å². The summed E-state index contributed by atoms with van der Waals surface area (Å²) in [6.07, 6.45) is 2.01. The van der Waals surface area contributed by atoms with Gasteiger partial charge in [0.2, 0.25) is 0 Å². The molecular formula is C13H18FNO3. The third-order valence-electron chi connectivity index (χ3n) is 2.67. The van der Waals surface area contributed by atoms with Gasteiger partial charge in [0.1, 0.15) is 17.1 Å².